The van der Waals surface area contributed by atoms with Gasteiger partial charge in [-0.25, -0.2) is 4.98 Å². The maximum atomic E-state index is 5.58. The summed E-state index contributed by atoms with van der Waals surface area (Å²) in [6.07, 6.45) is 0. The maximum absolute atomic E-state index is 5.58. The fourth-order valence-corrected chi connectivity index (χ4v) is 10.5. The van der Waals surface area contributed by atoms with Crippen molar-refractivity contribution in [2.24, 2.45) is 0 Å². The highest BCUT2D eigenvalue weighted by atomic mass is 15.3. The van der Waals surface area contributed by atoms with Gasteiger partial charge in [-0.05, 0) is 87.5 Å². The first-order valence-corrected chi connectivity index (χ1v) is 21.5. The van der Waals surface area contributed by atoms with E-state index in [9.17, 15) is 0 Å². The number of aromatic nitrogens is 4. The predicted molar refractivity (Wildman–Crippen MR) is 255 cm³/mol. The topological polar surface area (TPSA) is 46.8 Å². The van der Waals surface area contributed by atoms with Gasteiger partial charge in [0, 0.05) is 49.7 Å². The lowest BCUT2D eigenvalue weighted by Gasteiger charge is -2.27. The van der Waals surface area contributed by atoms with Gasteiger partial charge in [-0.2, -0.15) is 9.97 Å². The predicted octanol–water partition coefficient (Wildman–Crippen LogP) is 14.4. The van der Waals surface area contributed by atoms with E-state index in [-0.39, 0.29) is 10.8 Å². The molecule has 0 aliphatic heterocycles. The Morgan fingerprint density at radius 3 is 1.82 bits per heavy atom. The molecule has 0 radical (unpaired) electrons. The Hall–Kier alpha value is -7.63. The molecule has 0 bridgehead atoms. The maximum Gasteiger partial charge on any atom is 0.238 e. The van der Waals surface area contributed by atoms with E-state index in [1.165, 1.54) is 49.9 Å². The number of anilines is 3. The molecular weight excluding hydrogens is 755 g/mol. The summed E-state index contributed by atoms with van der Waals surface area (Å²) >= 11 is 0. The Bertz CT molecular complexity index is 3420. The summed E-state index contributed by atoms with van der Waals surface area (Å²) in [5.41, 5.74) is 16.9. The second-order valence-electron chi connectivity index (χ2n) is 17.6. The van der Waals surface area contributed by atoms with Crippen LogP contribution in [0.2, 0.25) is 0 Å². The van der Waals surface area contributed by atoms with Crippen LogP contribution >= 0.6 is 0 Å². The third-order valence-electron chi connectivity index (χ3n) is 13.5. The minimum Gasteiger partial charge on any atom is -0.309 e. The Labute approximate surface area is 361 Å². The van der Waals surface area contributed by atoms with E-state index in [0.717, 1.165) is 44.6 Å². The van der Waals surface area contributed by atoms with Crippen LogP contribution in [-0.2, 0) is 10.8 Å². The molecule has 10 aromatic rings. The van der Waals surface area contributed by atoms with Crippen molar-refractivity contribution >= 4 is 39.1 Å². The first-order chi connectivity index (χ1) is 30.3. The summed E-state index contributed by atoms with van der Waals surface area (Å²) in [5.74, 6) is 1.77. The third-order valence-corrected chi connectivity index (χ3v) is 13.5. The fourth-order valence-electron chi connectivity index (χ4n) is 10.5. The van der Waals surface area contributed by atoms with E-state index in [1.54, 1.807) is 0 Å². The Morgan fingerprint density at radius 1 is 0.435 bits per heavy atom. The number of benzene rings is 8. The second kappa shape index (κ2) is 13.4. The van der Waals surface area contributed by atoms with E-state index >= 15 is 0 Å². The minimum atomic E-state index is -0.186. The van der Waals surface area contributed by atoms with Crippen LogP contribution in [0.5, 0.6) is 0 Å². The van der Waals surface area contributed by atoms with Crippen molar-refractivity contribution < 1.29 is 0 Å². The van der Waals surface area contributed by atoms with Gasteiger partial charge >= 0.3 is 0 Å². The molecule has 2 aliphatic carbocycles. The van der Waals surface area contributed by atoms with Crippen molar-refractivity contribution in [1.29, 1.82) is 0 Å². The zero-order chi connectivity index (χ0) is 41.7. The molecule has 0 spiro atoms. The third kappa shape index (κ3) is 5.24. The molecule has 0 atom stereocenters. The highest BCUT2D eigenvalue weighted by molar-refractivity contribution is 6.13. The molecule has 2 heterocycles. The molecule has 296 valence electrons. The van der Waals surface area contributed by atoms with Crippen molar-refractivity contribution in [1.82, 2.24) is 19.5 Å². The first kappa shape index (κ1) is 36.2. The molecule has 62 heavy (non-hydrogen) atoms. The summed E-state index contributed by atoms with van der Waals surface area (Å²) in [5, 5.41) is 2.32. The molecule has 12 rings (SSSR count). The molecule has 8 aromatic carbocycles. The standard InChI is InChI=1S/C57H43N5/c1-56(2)45-28-14-11-23-39(45)44-35-36(33-34-47(44)56)53-58-54(43-27-17-26-41-40-24-13-16-31-49(40)61(52(41)43)37-19-7-5-8-20-37)60-55(59-53)62(38-21-9-6-10-22-38)50-32-18-30-48-51(50)42-25-12-15-29-46(42)57(48,3)4/h5-35H,1-4H3. The van der Waals surface area contributed by atoms with E-state index in [4.69, 9.17) is 15.0 Å². The molecule has 0 N–H and O–H groups in total. The van der Waals surface area contributed by atoms with Crippen LogP contribution in [0.4, 0.5) is 17.3 Å². The number of hydrogen-bond acceptors (Lipinski definition) is 4. The van der Waals surface area contributed by atoms with Gasteiger partial charge < -0.3 is 4.57 Å². The molecular formula is C57H43N5. The van der Waals surface area contributed by atoms with Gasteiger partial charge in [0.05, 0.1) is 16.7 Å². The molecule has 0 saturated carbocycles. The van der Waals surface area contributed by atoms with Gasteiger partial charge in [-0.1, -0.05) is 167 Å². The van der Waals surface area contributed by atoms with Crippen LogP contribution in [0.25, 0.3) is 72.5 Å². The van der Waals surface area contributed by atoms with Gasteiger partial charge in [0.25, 0.3) is 0 Å². The van der Waals surface area contributed by atoms with E-state index in [1.807, 2.05) is 0 Å². The van der Waals surface area contributed by atoms with Gasteiger partial charge in [-0.3, -0.25) is 4.90 Å². The van der Waals surface area contributed by atoms with Crippen molar-refractivity contribution in [3.05, 3.63) is 210 Å². The zero-order valence-electron chi connectivity index (χ0n) is 35.1. The quantitative estimate of drug-likeness (QED) is 0.168. The number of rotatable bonds is 6. The molecule has 0 amide bonds. The Kier molecular flexibility index (Phi) is 7.85. The molecule has 5 nitrogen and oxygen atoms in total. The lowest BCUT2D eigenvalue weighted by Crippen LogP contribution is -2.18. The second-order valence-corrected chi connectivity index (χ2v) is 17.6. The summed E-state index contributed by atoms with van der Waals surface area (Å²) in [7, 11) is 0. The lowest BCUT2D eigenvalue weighted by molar-refractivity contribution is 0.660. The highest BCUT2D eigenvalue weighted by Gasteiger charge is 2.39. The fraction of sp³-hybridized carbons (Fsp3) is 0.105. The number of para-hydroxylation sites is 4. The normalized spacial score (nSPS) is 14.1. The van der Waals surface area contributed by atoms with Crippen molar-refractivity contribution in [2.75, 3.05) is 4.90 Å². The monoisotopic (exact) mass is 797 g/mol. The highest BCUT2D eigenvalue weighted by Crippen LogP contribution is 2.54. The van der Waals surface area contributed by atoms with Crippen LogP contribution in [0.3, 0.4) is 0 Å². The van der Waals surface area contributed by atoms with Crippen molar-refractivity contribution in [3.8, 4) is 50.7 Å². The van der Waals surface area contributed by atoms with Crippen LogP contribution in [0, 0.1) is 0 Å². The summed E-state index contributed by atoms with van der Waals surface area (Å²) < 4.78 is 2.36. The number of hydrogen-bond donors (Lipinski definition) is 0. The SMILES string of the molecule is CC1(C)c2ccccc2-c2cc(-c3nc(-c4cccc5c6ccccc6n(-c6ccccc6)c45)nc(N(c4ccccc4)c4cccc5c4-c4ccccc4C5(C)C)n3)ccc21. The van der Waals surface area contributed by atoms with Crippen LogP contribution in [-0.4, -0.2) is 19.5 Å². The summed E-state index contributed by atoms with van der Waals surface area (Å²) in [6.45, 7) is 9.29. The van der Waals surface area contributed by atoms with Crippen LogP contribution in [0.15, 0.2) is 188 Å². The Morgan fingerprint density at radius 2 is 1.02 bits per heavy atom. The molecule has 2 aromatic heterocycles. The van der Waals surface area contributed by atoms with Gasteiger partial charge in [-0.15, -0.1) is 0 Å². The van der Waals surface area contributed by atoms with Gasteiger partial charge in [0.2, 0.25) is 5.95 Å². The average molecular weight is 798 g/mol. The first-order valence-electron chi connectivity index (χ1n) is 21.5. The number of nitrogens with zero attached hydrogens (tertiary/aromatic N) is 5. The summed E-state index contributed by atoms with van der Waals surface area (Å²) in [6, 6.07) is 67.3. The lowest BCUT2D eigenvalue weighted by atomic mass is 9.82. The van der Waals surface area contributed by atoms with Crippen LogP contribution < -0.4 is 4.90 Å². The van der Waals surface area contributed by atoms with Gasteiger partial charge in [0.1, 0.15) is 0 Å². The van der Waals surface area contributed by atoms with Crippen molar-refractivity contribution in [2.45, 2.75) is 38.5 Å². The zero-order valence-corrected chi connectivity index (χ0v) is 35.1. The van der Waals surface area contributed by atoms with Crippen LogP contribution in [0.1, 0.15) is 49.9 Å². The summed E-state index contributed by atoms with van der Waals surface area (Å²) in [4.78, 5) is 18.8. The smallest absolute Gasteiger partial charge is 0.238 e. The van der Waals surface area contributed by atoms with E-state index in [2.05, 4.69) is 225 Å². The minimum absolute atomic E-state index is 0.123. The van der Waals surface area contributed by atoms with Crippen molar-refractivity contribution in [3.63, 3.8) is 0 Å². The Balaban J connectivity index is 1.17. The van der Waals surface area contributed by atoms with E-state index < -0.39 is 0 Å². The molecule has 0 unspecified atom stereocenters. The molecule has 0 fully saturated rings. The molecule has 5 heteroatoms. The molecule has 0 saturated heterocycles. The molecule has 2 aliphatic rings. The number of fused-ring (bicyclic) bond motifs is 9. The van der Waals surface area contributed by atoms with E-state index in [0.29, 0.717) is 17.6 Å². The van der Waals surface area contributed by atoms with Gasteiger partial charge in [0.15, 0.2) is 11.6 Å². The largest absolute Gasteiger partial charge is 0.309 e. The average Bonchev–Trinajstić information content (AvgIpc) is 3.87.